The van der Waals surface area contributed by atoms with E-state index >= 15 is 0 Å². The highest BCUT2D eigenvalue weighted by molar-refractivity contribution is 5.42. The average molecular weight is 393 g/mol. The summed E-state index contributed by atoms with van der Waals surface area (Å²) in [5, 5.41) is 3.15. The van der Waals surface area contributed by atoms with Crippen molar-refractivity contribution in [3.8, 4) is 5.75 Å². The third-order valence-electron chi connectivity index (χ3n) is 4.88. The fraction of sp³-hybridized carbons (Fsp3) is 0.478. The third-order valence-corrected chi connectivity index (χ3v) is 4.88. The van der Waals surface area contributed by atoms with Crippen LogP contribution in [0.25, 0.3) is 0 Å². The van der Waals surface area contributed by atoms with E-state index in [9.17, 15) is 13.2 Å². The number of rotatable bonds is 9. The molecule has 2 rings (SSSR count). The summed E-state index contributed by atoms with van der Waals surface area (Å²) in [6.07, 6.45) is -1.80. The van der Waals surface area contributed by atoms with Crippen molar-refractivity contribution < 1.29 is 17.9 Å². The molecule has 1 atom stereocenters. The Hall–Kier alpha value is -2.01. The summed E-state index contributed by atoms with van der Waals surface area (Å²) in [6.45, 7) is 6.90. The first-order chi connectivity index (χ1) is 13.3. The number of alkyl halides is 3. The smallest absolute Gasteiger partial charge is 0.416 e. The van der Waals surface area contributed by atoms with Gasteiger partial charge in [0.15, 0.2) is 0 Å². The number of ether oxygens (including phenoxy) is 1. The number of aryl methyl sites for hydroxylation is 1. The standard InChI is InChI=1S/C23H30F3NO/c1-5-17-7-6-8-22(28-16(2)3)21(17)15-19(13-14-27-4)18-9-11-20(12-10-18)23(24,25)26/h6-12,16,19,27H,5,13-15H2,1-4H3. The molecule has 0 aliphatic carbocycles. The molecule has 0 spiro atoms. The topological polar surface area (TPSA) is 21.3 Å². The molecule has 0 radical (unpaired) electrons. The van der Waals surface area contributed by atoms with Gasteiger partial charge in [0.1, 0.15) is 5.75 Å². The van der Waals surface area contributed by atoms with Crippen LogP contribution in [0.3, 0.4) is 0 Å². The van der Waals surface area contributed by atoms with Crippen LogP contribution in [-0.4, -0.2) is 19.7 Å². The molecule has 0 amide bonds. The van der Waals surface area contributed by atoms with Gasteiger partial charge in [0, 0.05) is 0 Å². The minimum Gasteiger partial charge on any atom is -0.491 e. The zero-order valence-corrected chi connectivity index (χ0v) is 17.1. The Kier molecular flexibility index (Phi) is 7.93. The lowest BCUT2D eigenvalue weighted by Gasteiger charge is -2.23. The van der Waals surface area contributed by atoms with Crippen molar-refractivity contribution in [3.05, 3.63) is 64.7 Å². The lowest BCUT2D eigenvalue weighted by Crippen LogP contribution is -2.16. The van der Waals surface area contributed by atoms with Gasteiger partial charge < -0.3 is 10.1 Å². The molecule has 1 unspecified atom stereocenters. The van der Waals surface area contributed by atoms with Gasteiger partial charge in [0.05, 0.1) is 11.7 Å². The van der Waals surface area contributed by atoms with E-state index in [1.165, 1.54) is 17.7 Å². The molecule has 2 aromatic rings. The monoisotopic (exact) mass is 393 g/mol. The summed E-state index contributed by atoms with van der Waals surface area (Å²) >= 11 is 0. The highest BCUT2D eigenvalue weighted by atomic mass is 19.4. The fourth-order valence-electron chi connectivity index (χ4n) is 3.43. The van der Waals surface area contributed by atoms with Crippen molar-refractivity contribution in [1.29, 1.82) is 0 Å². The molecule has 0 aromatic heterocycles. The zero-order valence-electron chi connectivity index (χ0n) is 17.1. The number of benzene rings is 2. The van der Waals surface area contributed by atoms with Gasteiger partial charge in [-0.1, -0.05) is 31.2 Å². The van der Waals surface area contributed by atoms with Gasteiger partial charge in [-0.05, 0) is 87.5 Å². The van der Waals surface area contributed by atoms with Gasteiger partial charge in [0.2, 0.25) is 0 Å². The maximum atomic E-state index is 12.9. The van der Waals surface area contributed by atoms with E-state index in [4.69, 9.17) is 4.74 Å². The Bertz CT molecular complexity index is 739. The summed E-state index contributed by atoms with van der Waals surface area (Å²) in [5.74, 6) is 0.979. The Morgan fingerprint density at radius 3 is 2.25 bits per heavy atom. The van der Waals surface area contributed by atoms with Crippen molar-refractivity contribution in [2.24, 2.45) is 0 Å². The van der Waals surface area contributed by atoms with Crippen LogP contribution in [0.4, 0.5) is 13.2 Å². The lowest BCUT2D eigenvalue weighted by atomic mass is 9.86. The number of hydrogen-bond donors (Lipinski definition) is 1. The third kappa shape index (κ3) is 5.99. The van der Waals surface area contributed by atoms with Crippen LogP contribution in [0.2, 0.25) is 0 Å². The molecular weight excluding hydrogens is 363 g/mol. The van der Waals surface area contributed by atoms with E-state index in [-0.39, 0.29) is 12.0 Å². The second kappa shape index (κ2) is 9.97. The molecule has 2 aromatic carbocycles. The predicted molar refractivity (Wildman–Crippen MR) is 108 cm³/mol. The summed E-state index contributed by atoms with van der Waals surface area (Å²) < 4.78 is 44.8. The van der Waals surface area contributed by atoms with Gasteiger partial charge in [-0.15, -0.1) is 0 Å². The molecule has 154 valence electrons. The Morgan fingerprint density at radius 2 is 1.71 bits per heavy atom. The first-order valence-electron chi connectivity index (χ1n) is 9.85. The molecular formula is C23H30F3NO. The van der Waals surface area contributed by atoms with Gasteiger partial charge in [0.25, 0.3) is 0 Å². The van der Waals surface area contributed by atoms with Crippen LogP contribution in [0, 0.1) is 0 Å². The molecule has 2 nitrogen and oxygen atoms in total. The minimum absolute atomic E-state index is 0.0627. The van der Waals surface area contributed by atoms with E-state index in [1.54, 1.807) is 12.1 Å². The first kappa shape index (κ1) is 22.3. The quantitative estimate of drug-likeness (QED) is 0.565. The van der Waals surface area contributed by atoms with Crippen LogP contribution in [0.5, 0.6) is 5.75 Å². The molecule has 5 heteroatoms. The Labute approximate surface area is 166 Å². The van der Waals surface area contributed by atoms with E-state index in [0.29, 0.717) is 0 Å². The predicted octanol–water partition coefficient (Wildman–Crippen LogP) is 5.99. The van der Waals surface area contributed by atoms with Crippen LogP contribution >= 0.6 is 0 Å². The van der Waals surface area contributed by atoms with Crippen LogP contribution in [0.1, 0.15) is 55.4 Å². The Balaban J connectivity index is 2.37. The number of nitrogens with one attached hydrogen (secondary N) is 1. The van der Waals surface area contributed by atoms with Gasteiger partial charge in [-0.2, -0.15) is 13.2 Å². The summed E-state index contributed by atoms with van der Waals surface area (Å²) in [5.41, 5.74) is 2.69. The van der Waals surface area contributed by atoms with Crippen LogP contribution < -0.4 is 10.1 Å². The Morgan fingerprint density at radius 1 is 1.04 bits per heavy atom. The van der Waals surface area contributed by atoms with Crippen molar-refractivity contribution in [1.82, 2.24) is 5.32 Å². The summed E-state index contributed by atoms with van der Waals surface area (Å²) in [7, 11) is 1.89. The molecule has 0 bridgehead atoms. The van der Waals surface area contributed by atoms with Crippen LogP contribution in [-0.2, 0) is 19.0 Å². The zero-order chi connectivity index (χ0) is 20.7. The molecule has 0 fully saturated rings. The molecule has 1 N–H and O–H groups in total. The normalized spacial score (nSPS) is 13.0. The molecule has 0 heterocycles. The van der Waals surface area contributed by atoms with E-state index < -0.39 is 11.7 Å². The highest BCUT2D eigenvalue weighted by Crippen LogP contribution is 2.34. The first-order valence-corrected chi connectivity index (χ1v) is 9.85. The van der Waals surface area contributed by atoms with E-state index in [2.05, 4.69) is 18.3 Å². The molecule has 0 saturated heterocycles. The largest absolute Gasteiger partial charge is 0.491 e. The molecule has 0 aliphatic heterocycles. The van der Waals surface area contributed by atoms with Gasteiger partial charge in [-0.3, -0.25) is 0 Å². The van der Waals surface area contributed by atoms with Crippen molar-refractivity contribution in [2.75, 3.05) is 13.6 Å². The van der Waals surface area contributed by atoms with E-state index in [0.717, 1.165) is 42.7 Å². The van der Waals surface area contributed by atoms with Crippen LogP contribution in [0.15, 0.2) is 42.5 Å². The van der Waals surface area contributed by atoms with Crippen molar-refractivity contribution in [2.45, 2.75) is 58.2 Å². The fourth-order valence-corrected chi connectivity index (χ4v) is 3.43. The maximum Gasteiger partial charge on any atom is 0.416 e. The van der Waals surface area contributed by atoms with Crippen molar-refractivity contribution >= 4 is 0 Å². The summed E-state index contributed by atoms with van der Waals surface area (Å²) in [6, 6.07) is 11.7. The highest BCUT2D eigenvalue weighted by Gasteiger charge is 2.30. The molecule has 28 heavy (non-hydrogen) atoms. The molecule has 0 saturated carbocycles. The number of hydrogen-bond acceptors (Lipinski definition) is 2. The summed E-state index contributed by atoms with van der Waals surface area (Å²) in [4.78, 5) is 0. The van der Waals surface area contributed by atoms with Gasteiger partial charge in [-0.25, -0.2) is 0 Å². The van der Waals surface area contributed by atoms with Crippen molar-refractivity contribution in [3.63, 3.8) is 0 Å². The SMILES string of the molecule is CCc1cccc(OC(C)C)c1CC(CCNC)c1ccc(C(F)(F)F)cc1. The number of halogens is 3. The molecule has 0 aliphatic rings. The second-order valence-corrected chi connectivity index (χ2v) is 7.33. The second-order valence-electron chi connectivity index (χ2n) is 7.33. The van der Waals surface area contributed by atoms with Gasteiger partial charge >= 0.3 is 6.18 Å². The maximum absolute atomic E-state index is 12.9. The average Bonchev–Trinajstić information content (AvgIpc) is 2.65. The lowest BCUT2D eigenvalue weighted by molar-refractivity contribution is -0.137. The minimum atomic E-state index is -4.31. The van der Waals surface area contributed by atoms with E-state index in [1.807, 2.05) is 33.0 Å².